The van der Waals surface area contributed by atoms with Gasteiger partial charge in [0, 0.05) is 19.1 Å². The summed E-state index contributed by atoms with van der Waals surface area (Å²) in [5, 5.41) is 6.42. The summed E-state index contributed by atoms with van der Waals surface area (Å²) in [6.45, 7) is 11.4. The standard InChI is InChI=1S/C17H32N6O3/c1-4-9-26-17-22-15(19-8-11-25-13-12-24-10-7-18)21-16(23-17)20-14(5-2)6-3/h4,14H,1,5-13,18H2,2-3H3,(H2,19,20,21,22,23). The Morgan fingerprint density at radius 1 is 1.04 bits per heavy atom. The molecule has 0 spiro atoms. The van der Waals surface area contributed by atoms with E-state index in [4.69, 9.17) is 19.9 Å². The predicted molar refractivity (Wildman–Crippen MR) is 103 cm³/mol. The van der Waals surface area contributed by atoms with E-state index in [1.54, 1.807) is 6.08 Å². The average molecular weight is 368 g/mol. The molecule has 0 atom stereocenters. The maximum Gasteiger partial charge on any atom is 0.323 e. The van der Waals surface area contributed by atoms with Crippen LogP contribution in [-0.2, 0) is 9.47 Å². The normalized spacial score (nSPS) is 10.8. The summed E-state index contributed by atoms with van der Waals surface area (Å²) in [7, 11) is 0. The van der Waals surface area contributed by atoms with Gasteiger partial charge in [0.1, 0.15) is 6.61 Å². The molecule has 0 aliphatic heterocycles. The van der Waals surface area contributed by atoms with Crippen LogP contribution in [-0.4, -0.2) is 67.1 Å². The van der Waals surface area contributed by atoms with Crippen LogP contribution in [0.5, 0.6) is 6.01 Å². The monoisotopic (exact) mass is 368 g/mol. The third-order valence-electron chi connectivity index (χ3n) is 3.43. The molecular formula is C17H32N6O3. The van der Waals surface area contributed by atoms with Crippen LogP contribution >= 0.6 is 0 Å². The maximum absolute atomic E-state index is 5.47. The Morgan fingerprint density at radius 2 is 1.73 bits per heavy atom. The van der Waals surface area contributed by atoms with Crippen LogP contribution in [0.3, 0.4) is 0 Å². The second-order valence-corrected chi connectivity index (χ2v) is 5.46. The highest BCUT2D eigenvalue weighted by Crippen LogP contribution is 2.13. The van der Waals surface area contributed by atoms with Crippen molar-refractivity contribution in [3.8, 4) is 6.01 Å². The third-order valence-corrected chi connectivity index (χ3v) is 3.43. The topological polar surface area (TPSA) is 116 Å². The van der Waals surface area contributed by atoms with Crippen molar-refractivity contribution in [1.82, 2.24) is 15.0 Å². The molecule has 0 saturated carbocycles. The predicted octanol–water partition coefficient (Wildman–Crippen LogP) is 1.44. The van der Waals surface area contributed by atoms with Gasteiger partial charge in [-0.25, -0.2) is 0 Å². The molecule has 1 heterocycles. The lowest BCUT2D eigenvalue weighted by Crippen LogP contribution is -2.21. The zero-order valence-corrected chi connectivity index (χ0v) is 15.9. The van der Waals surface area contributed by atoms with Gasteiger partial charge >= 0.3 is 6.01 Å². The van der Waals surface area contributed by atoms with Crippen LogP contribution in [0.15, 0.2) is 12.7 Å². The Labute approximate surface area is 155 Å². The average Bonchev–Trinajstić information content (AvgIpc) is 2.66. The molecule has 0 aliphatic rings. The summed E-state index contributed by atoms with van der Waals surface area (Å²) in [5.74, 6) is 0.932. The molecule has 9 nitrogen and oxygen atoms in total. The first kappa shape index (κ1) is 22.1. The Balaban J connectivity index is 2.52. The number of anilines is 2. The van der Waals surface area contributed by atoms with E-state index in [1.807, 2.05) is 0 Å². The van der Waals surface area contributed by atoms with Gasteiger partial charge in [0.2, 0.25) is 11.9 Å². The van der Waals surface area contributed by atoms with Crippen LogP contribution in [0.1, 0.15) is 26.7 Å². The molecule has 0 bridgehead atoms. The number of nitrogens with zero attached hydrogens (tertiary/aromatic N) is 3. The van der Waals surface area contributed by atoms with Crippen molar-refractivity contribution >= 4 is 11.9 Å². The SMILES string of the molecule is C=CCOc1nc(NCCOCCOCCN)nc(NC(CC)CC)n1. The highest BCUT2D eigenvalue weighted by molar-refractivity contribution is 5.36. The number of nitrogens with one attached hydrogen (secondary N) is 2. The molecule has 1 rings (SSSR count). The molecule has 0 aliphatic carbocycles. The summed E-state index contributed by atoms with van der Waals surface area (Å²) in [6.07, 6.45) is 3.60. The second-order valence-electron chi connectivity index (χ2n) is 5.46. The summed E-state index contributed by atoms with van der Waals surface area (Å²) >= 11 is 0. The number of hydrogen-bond donors (Lipinski definition) is 3. The molecule has 0 fully saturated rings. The third kappa shape index (κ3) is 9.50. The van der Waals surface area contributed by atoms with E-state index in [0.717, 1.165) is 12.8 Å². The molecule has 0 saturated heterocycles. The van der Waals surface area contributed by atoms with Crippen LogP contribution in [0.25, 0.3) is 0 Å². The molecule has 1 aromatic heterocycles. The molecule has 0 amide bonds. The summed E-state index contributed by atoms with van der Waals surface area (Å²) < 4.78 is 16.2. The van der Waals surface area contributed by atoms with E-state index < -0.39 is 0 Å². The van der Waals surface area contributed by atoms with Crippen LogP contribution < -0.4 is 21.1 Å². The quantitative estimate of drug-likeness (QED) is 0.294. The summed E-state index contributed by atoms with van der Waals surface area (Å²) in [4.78, 5) is 12.9. The molecule has 0 aromatic carbocycles. The minimum atomic E-state index is 0.256. The zero-order chi connectivity index (χ0) is 19.0. The highest BCUT2D eigenvalue weighted by Gasteiger charge is 2.10. The number of ether oxygens (including phenoxy) is 3. The smallest absolute Gasteiger partial charge is 0.323 e. The lowest BCUT2D eigenvalue weighted by Gasteiger charge is -2.16. The van der Waals surface area contributed by atoms with E-state index in [0.29, 0.717) is 64.1 Å². The van der Waals surface area contributed by atoms with Crippen molar-refractivity contribution in [2.24, 2.45) is 5.73 Å². The second kappa shape index (κ2) is 14.2. The molecule has 1 aromatic rings. The van der Waals surface area contributed by atoms with Crippen molar-refractivity contribution in [1.29, 1.82) is 0 Å². The fraction of sp³-hybridized carbons (Fsp3) is 0.706. The van der Waals surface area contributed by atoms with E-state index in [9.17, 15) is 0 Å². The van der Waals surface area contributed by atoms with E-state index in [1.165, 1.54) is 0 Å². The largest absolute Gasteiger partial charge is 0.459 e. The van der Waals surface area contributed by atoms with Gasteiger partial charge in [-0.2, -0.15) is 15.0 Å². The Morgan fingerprint density at radius 3 is 2.38 bits per heavy atom. The van der Waals surface area contributed by atoms with Gasteiger partial charge < -0.3 is 30.6 Å². The summed E-state index contributed by atoms with van der Waals surface area (Å²) in [6, 6.07) is 0.557. The number of aromatic nitrogens is 3. The molecule has 26 heavy (non-hydrogen) atoms. The van der Waals surface area contributed by atoms with Crippen molar-refractivity contribution in [2.75, 3.05) is 56.8 Å². The van der Waals surface area contributed by atoms with Crippen LogP contribution in [0.4, 0.5) is 11.9 Å². The lowest BCUT2D eigenvalue weighted by molar-refractivity contribution is 0.0547. The maximum atomic E-state index is 5.47. The number of nitrogens with two attached hydrogens (primary N) is 1. The highest BCUT2D eigenvalue weighted by atomic mass is 16.5. The van der Waals surface area contributed by atoms with Crippen molar-refractivity contribution in [3.63, 3.8) is 0 Å². The Kier molecular flexibility index (Phi) is 12.1. The van der Waals surface area contributed by atoms with Gasteiger partial charge in [0.15, 0.2) is 0 Å². The van der Waals surface area contributed by atoms with Crippen molar-refractivity contribution in [2.45, 2.75) is 32.7 Å². The molecule has 9 heteroatoms. The minimum Gasteiger partial charge on any atom is -0.459 e. The van der Waals surface area contributed by atoms with Gasteiger partial charge in [-0.05, 0) is 12.8 Å². The molecule has 0 radical (unpaired) electrons. The van der Waals surface area contributed by atoms with Crippen LogP contribution in [0, 0.1) is 0 Å². The Hall–Kier alpha value is -1.97. The van der Waals surface area contributed by atoms with E-state index >= 15 is 0 Å². The van der Waals surface area contributed by atoms with Gasteiger partial charge in [0.25, 0.3) is 0 Å². The molecule has 4 N–H and O–H groups in total. The first-order chi connectivity index (χ1) is 12.7. The van der Waals surface area contributed by atoms with Gasteiger partial charge in [-0.15, -0.1) is 0 Å². The van der Waals surface area contributed by atoms with Gasteiger partial charge in [-0.3, -0.25) is 0 Å². The molecular weight excluding hydrogens is 336 g/mol. The van der Waals surface area contributed by atoms with Crippen LogP contribution in [0.2, 0.25) is 0 Å². The van der Waals surface area contributed by atoms with Crippen molar-refractivity contribution < 1.29 is 14.2 Å². The van der Waals surface area contributed by atoms with E-state index in [-0.39, 0.29) is 6.01 Å². The zero-order valence-electron chi connectivity index (χ0n) is 15.9. The minimum absolute atomic E-state index is 0.256. The Bertz CT molecular complexity index is 499. The first-order valence-electron chi connectivity index (χ1n) is 9.09. The first-order valence-corrected chi connectivity index (χ1v) is 9.09. The number of hydrogen-bond acceptors (Lipinski definition) is 9. The summed E-state index contributed by atoms with van der Waals surface area (Å²) in [5.41, 5.74) is 5.34. The molecule has 0 unspecified atom stereocenters. The van der Waals surface area contributed by atoms with Gasteiger partial charge in [0.05, 0.1) is 26.4 Å². The molecule has 148 valence electrons. The van der Waals surface area contributed by atoms with Crippen molar-refractivity contribution in [3.05, 3.63) is 12.7 Å². The fourth-order valence-electron chi connectivity index (χ4n) is 2.01. The lowest BCUT2D eigenvalue weighted by atomic mass is 10.2. The van der Waals surface area contributed by atoms with E-state index in [2.05, 4.69) is 46.0 Å². The fourth-order valence-corrected chi connectivity index (χ4v) is 2.01. The van der Waals surface area contributed by atoms with Gasteiger partial charge in [-0.1, -0.05) is 26.5 Å². The number of rotatable bonds is 16.